The Bertz CT molecular complexity index is 637. The molecule has 20 heavy (non-hydrogen) atoms. The van der Waals surface area contributed by atoms with Gasteiger partial charge in [-0.05, 0) is 47.0 Å². The normalized spacial score (nSPS) is 10.4. The number of rotatable bonds is 3. The molecule has 0 saturated heterocycles. The molecule has 0 fully saturated rings. The van der Waals surface area contributed by atoms with Gasteiger partial charge in [0.15, 0.2) is 0 Å². The van der Waals surface area contributed by atoms with Crippen LogP contribution >= 0.6 is 15.9 Å². The number of halogens is 1. The van der Waals surface area contributed by atoms with Crippen molar-refractivity contribution in [2.75, 3.05) is 7.05 Å². The molecule has 3 heteroatoms. The second-order valence-corrected chi connectivity index (χ2v) is 5.88. The molecule has 1 amide bonds. The molecule has 2 nitrogen and oxygen atoms in total. The summed E-state index contributed by atoms with van der Waals surface area (Å²) in [4.78, 5) is 14.2. The smallest absolute Gasteiger partial charge is 0.255 e. The van der Waals surface area contributed by atoms with Crippen molar-refractivity contribution in [1.82, 2.24) is 4.90 Å². The van der Waals surface area contributed by atoms with Crippen molar-refractivity contribution in [2.24, 2.45) is 0 Å². The van der Waals surface area contributed by atoms with Gasteiger partial charge in [0.25, 0.3) is 5.91 Å². The van der Waals surface area contributed by atoms with Crippen LogP contribution in [0.5, 0.6) is 0 Å². The predicted molar refractivity (Wildman–Crippen MR) is 85.9 cm³/mol. The van der Waals surface area contributed by atoms with E-state index >= 15 is 0 Å². The summed E-state index contributed by atoms with van der Waals surface area (Å²) in [5.41, 5.74) is 4.13. The summed E-state index contributed by atoms with van der Waals surface area (Å²) in [6, 6.07) is 14.0. The molecule has 104 valence electrons. The number of hydrogen-bond acceptors (Lipinski definition) is 1. The summed E-state index contributed by atoms with van der Waals surface area (Å²) < 4.78 is 0.876. The van der Waals surface area contributed by atoms with Crippen molar-refractivity contribution in [2.45, 2.75) is 20.4 Å². The molecular formula is C17H18BrNO. The molecule has 0 aromatic heterocycles. The van der Waals surface area contributed by atoms with Crippen molar-refractivity contribution in [1.29, 1.82) is 0 Å². The third-order valence-corrected chi connectivity index (χ3v) is 4.32. The first-order chi connectivity index (χ1) is 9.49. The van der Waals surface area contributed by atoms with Crippen LogP contribution in [0.15, 0.2) is 46.9 Å². The topological polar surface area (TPSA) is 20.3 Å². The van der Waals surface area contributed by atoms with E-state index in [1.54, 1.807) is 4.90 Å². The molecule has 0 bridgehead atoms. The Balaban J connectivity index is 2.19. The van der Waals surface area contributed by atoms with E-state index in [1.807, 2.05) is 44.3 Å². The van der Waals surface area contributed by atoms with E-state index in [9.17, 15) is 4.79 Å². The summed E-state index contributed by atoms with van der Waals surface area (Å²) in [5.74, 6) is 0.0297. The highest BCUT2D eigenvalue weighted by Gasteiger charge is 2.15. The highest BCUT2D eigenvalue weighted by atomic mass is 79.9. The number of hydrogen-bond donors (Lipinski definition) is 0. The number of amides is 1. The SMILES string of the molecule is Cc1cccc(CN(C)C(=O)c2cccc(C)c2Br)c1. The number of benzene rings is 2. The highest BCUT2D eigenvalue weighted by Crippen LogP contribution is 2.22. The average Bonchev–Trinajstić information content (AvgIpc) is 2.41. The van der Waals surface area contributed by atoms with Gasteiger partial charge in [-0.1, -0.05) is 42.0 Å². The lowest BCUT2D eigenvalue weighted by Gasteiger charge is -2.19. The molecule has 2 aromatic rings. The maximum atomic E-state index is 12.5. The van der Waals surface area contributed by atoms with Crippen molar-refractivity contribution in [3.8, 4) is 0 Å². The predicted octanol–water partition coefficient (Wildman–Crippen LogP) is 4.34. The first kappa shape index (κ1) is 14.8. The zero-order chi connectivity index (χ0) is 14.7. The van der Waals surface area contributed by atoms with Crippen molar-refractivity contribution >= 4 is 21.8 Å². The van der Waals surface area contributed by atoms with Gasteiger partial charge in [0.1, 0.15) is 0 Å². The minimum atomic E-state index is 0.0297. The molecule has 0 spiro atoms. The molecule has 0 radical (unpaired) electrons. The summed E-state index contributed by atoms with van der Waals surface area (Å²) >= 11 is 3.50. The maximum Gasteiger partial charge on any atom is 0.255 e. The number of carbonyl (C=O) groups excluding carboxylic acids is 1. The average molecular weight is 332 g/mol. The Kier molecular flexibility index (Phi) is 4.61. The van der Waals surface area contributed by atoms with E-state index in [-0.39, 0.29) is 5.91 Å². The fourth-order valence-electron chi connectivity index (χ4n) is 2.17. The summed E-state index contributed by atoms with van der Waals surface area (Å²) in [7, 11) is 1.83. The standard InChI is InChI=1S/C17H18BrNO/c1-12-6-4-8-14(10-12)11-19(3)17(20)15-9-5-7-13(2)16(15)18/h4-10H,11H2,1-3H3. The minimum absolute atomic E-state index is 0.0297. The zero-order valence-corrected chi connectivity index (χ0v) is 13.6. The van der Waals surface area contributed by atoms with Crippen LogP contribution in [0.3, 0.4) is 0 Å². The van der Waals surface area contributed by atoms with Gasteiger partial charge < -0.3 is 4.90 Å². The lowest BCUT2D eigenvalue weighted by molar-refractivity contribution is 0.0784. The van der Waals surface area contributed by atoms with E-state index in [0.717, 1.165) is 15.6 Å². The molecule has 0 unspecified atom stereocenters. The molecule has 0 aliphatic heterocycles. The number of aryl methyl sites for hydroxylation is 2. The fraction of sp³-hybridized carbons (Fsp3) is 0.235. The monoisotopic (exact) mass is 331 g/mol. The van der Waals surface area contributed by atoms with Crippen LogP contribution in [0.25, 0.3) is 0 Å². The van der Waals surface area contributed by atoms with Gasteiger partial charge in [-0.15, -0.1) is 0 Å². The van der Waals surface area contributed by atoms with Crippen molar-refractivity contribution in [3.63, 3.8) is 0 Å². The highest BCUT2D eigenvalue weighted by molar-refractivity contribution is 9.10. The third-order valence-electron chi connectivity index (χ3n) is 3.27. The summed E-state index contributed by atoms with van der Waals surface area (Å²) in [6.45, 7) is 4.66. The fourth-order valence-corrected chi connectivity index (χ4v) is 2.61. The van der Waals surface area contributed by atoms with Gasteiger partial charge in [0.2, 0.25) is 0 Å². The molecule has 0 atom stereocenters. The van der Waals surface area contributed by atoms with E-state index in [2.05, 4.69) is 35.0 Å². The second kappa shape index (κ2) is 6.23. The van der Waals surface area contributed by atoms with Gasteiger partial charge >= 0.3 is 0 Å². The van der Waals surface area contributed by atoms with Crippen molar-refractivity contribution < 1.29 is 4.79 Å². The summed E-state index contributed by atoms with van der Waals surface area (Å²) in [5, 5.41) is 0. The second-order valence-electron chi connectivity index (χ2n) is 5.09. The summed E-state index contributed by atoms with van der Waals surface area (Å²) in [6.07, 6.45) is 0. The lowest BCUT2D eigenvalue weighted by atomic mass is 10.1. The Morgan fingerprint density at radius 2 is 1.85 bits per heavy atom. The van der Waals surface area contributed by atoms with Crippen LogP contribution in [-0.2, 0) is 6.54 Å². The molecule has 2 aromatic carbocycles. The maximum absolute atomic E-state index is 12.5. The Morgan fingerprint density at radius 1 is 1.15 bits per heavy atom. The van der Waals surface area contributed by atoms with Gasteiger partial charge in [0.05, 0.1) is 5.56 Å². The largest absolute Gasteiger partial charge is 0.337 e. The first-order valence-corrected chi connectivity index (χ1v) is 7.34. The van der Waals surface area contributed by atoms with Gasteiger partial charge in [-0.25, -0.2) is 0 Å². The lowest BCUT2D eigenvalue weighted by Crippen LogP contribution is -2.26. The Labute approximate surface area is 128 Å². The van der Waals surface area contributed by atoms with E-state index < -0.39 is 0 Å². The van der Waals surface area contributed by atoms with Gasteiger partial charge in [-0.2, -0.15) is 0 Å². The molecule has 0 N–H and O–H groups in total. The minimum Gasteiger partial charge on any atom is -0.337 e. The first-order valence-electron chi connectivity index (χ1n) is 6.55. The van der Waals surface area contributed by atoms with Crippen LogP contribution in [0.1, 0.15) is 27.0 Å². The van der Waals surface area contributed by atoms with E-state index in [4.69, 9.17) is 0 Å². The van der Waals surface area contributed by atoms with Crippen LogP contribution in [-0.4, -0.2) is 17.9 Å². The van der Waals surface area contributed by atoms with Crippen LogP contribution in [0.2, 0.25) is 0 Å². The molecule has 0 aliphatic rings. The third kappa shape index (κ3) is 3.28. The van der Waals surface area contributed by atoms with E-state index in [0.29, 0.717) is 12.1 Å². The van der Waals surface area contributed by atoms with Crippen LogP contribution in [0.4, 0.5) is 0 Å². The number of carbonyl (C=O) groups is 1. The molecule has 0 saturated carbocycles. The van der Waals surface area contributed by atoms with Gasteiger partial charge in [-0.3, -0.25) is 4.79 Å². The Hall–Kier alpha value is -1.61. The molecular weight excluding hydrogens is 314 g/mol. The van der Waals surface area contributed by atoms with Crippen LogP contribution < -0.4 is 0 Å². The number of nitrogens with zero attached hydrogens (tertiary/aromatic N) is 1. The van der Waals surface area contributed by atoms with Crippen LogP contribution in [0, 0.1) is 13.8 Å². The Morgan fingerprint density at radius 3 is 2.55 bits per heavy atom. The van der Waals surface area contributed by atoms with Crippen molar-refractivity contribution in [3.05, 3.63) is 69.2 Å². The molecule has 0 heterocycles. The van der Waals surface area contributed by atoms with Gasteiger partial charge in [0, 0.05) is 18.1 Å². The molecule has 2 rings (SSSR count). The molecule has 0 aliphatic carbocycles. The van der Waals surface area contributed by atoms with E-state index in [1.165, 1.54) is 5.56 Å². The zero-order valence-electron chi connectivity index (χ0n) is 12.0. The quantitative estimate of drug-likeness (QED) is 0.819.